The molecule has 0 unspecified atom stereocenters. The van der Waals surface area contributed by atoms with Crippen molar-refractivity contribution in [3.8, 4) is 0 Å². The Balaban J connectivity index is 1.79. The van der Waals surface area contributed by atoms with Crippen molar-refractivity contribution in [2.24, 2.45) is 5.73 Å². The van der Waals surface area contributed by atoms with E-state index in [1.54, 1.807) is 24.3 Å². The van der Waals surface area contributed by atoms with Gasteiger partial charge in [-0.15, -0.1) is 0 Å². The van der Waals surface area contributed by atoms with E-state index in [-0.39, 0.29) is 11.5 Å². The summed E-state index contributed by atoms with van der Waals surface area (Å²) in [5.74, 6) is 0.837. The van der Waals surface area contributed by atoms with E-state index in [1.165, 1.54) is 0 Å². The zero-order valence-electron chi connectivity index (χ0n) is 15.0. The second-order valence-electron chi connectivity index (χ2n) is 6.30. The van der Waals surface area contributed by atoms with E-state index in [1.807, 2.05) is 37.5 Å². The highest BCUT2D eigenvalue weighted by Crippen LogP contribution is 2.17. The minimum absolute atomic E-state index is 0.0349. The summed E-state index contributed by atoms with van der Waals surface area (Å²) in [6.07, 6.45) is 0.623. The van der Waals surface area contributed by atoms with E-state index in [9.17, 15) is 8.42 Å². The Morgan fingerprint density at radius 3 is 2.62 bits per heavy atom. The fourth-order valence-electron chi connectivity index (χ4n) is 2.86. The lowest BCUT2D eigenvalue weighted by Crippen LogP contribution is -2.16. The van der Waals surface area contributed by atoms with Crippen molar-refractivity contribution in [2.45, 2.75) is 24.8 Å². The van der Waals surface area contributed by atoms with Gasteiger partial charge in [-0.2, -0.15) is 8.42 Å². The highest BCUT2D eigenvalue weighted by molar-refractivity contribution is 7.86. The molecule has 0 fully saturated rings. The van der Waals surface area contributed by atoms with Crippen LogP contribution in [0.25, 0.3) is 11.0 Å². The van der Waals surface area contributed by atoms with Gasteiger partial charge in [0.2, 0.25) is 0 Å². The Morgan fingerprint density at radius 2 is 1.92 bits per heavy atom. The topological polar surface area (TPSA) is 87.2 Å². The maximum Gasteiger partial charge on any atom is 0.297 e. The van der Waals surface area contributed by atoms with Crippen LogP contribution in [-0.2, 0) is 27.3 Å². The lowest BCUT2D eigenvalue weighted by molar-refractivity contribution is 0.300. The maximum absolute atomic E-state index is 12.3. The van der Waals surface area contributed by atoms with Crippen LogP contribution >= 0.6 is 0 Å². The molecule has 6 nitrogen and oxygen atoms in total. The highest BCUT2D eigenvalue weighted by atomic mass is 32.2. The number of nitrogens with two attached hydrogens (primary N) is 1. The third-order valence-electron chi connectivity index (χ3n) is 4.21. The Labute approximate surface area is 154 Å². The predicted molar refractivity (Wildman–Crippen MR) is 105 cm³/mol. The molecule has 1 aromatic heterocycles. The summed E-state index contributed by atoms with van der Waals surface area (Å²) in [6, 6.07) is 12.6. The first-order chi connectivity index (χ1) is 12.4. The van der Waals surface area contributed by atoms with E-state index in [0.29, 0.717) is 19.5 Å². The zero-order valence-corrected chi connectivity index (χ0v) is 15.8. The first kappa shape index (κ1) is 18.6. The highest BCUT2D eigenvalue weighted by Gasteiger charge is 2.16. The monoisotopic (exact) mass is 371 g/mol. The van der Waals surface area contributed by atoms with Crippen LogP contribution in [0.2, 0.25) is 0 Å². The van der Waals surface area contributed by atoms with Gasteiger partial charge in [-0.1, -0.05) is 29.2 Å². The number of aryl methyl sites for hydroxylation is 1. The van der Waals surface area contributed by atoms with Gasteiger partial charge in [0.1, 0.15) is 13.7 Å². The molecule has 2 aromatic carbocycles. The van der Waals surface area contributed by atoms with Crippen LogP contribution in [0.1, 0.15) is 11.4 Å². The summed E-state index contributed by atoms with van der Waals surface area (Å²) < 4.78 is 31.9. The number of aromatic nitrogens is 2. The smallest absolute Gasteiger partial charge is 0.297 e. The van der Waals surface area contributed by atoms with Crippen molar-refractivity contribution in [1.82, 2.24) is 9.55 Å². The lowest BCUT2D eigenvalue weighted by atomic mass is 9.96. The van der Waals surface area contributed by atoms with Crippen molar-refractivity contribution < 1.29 is 12.6 Å². The van der Waals surface area contributed by atoms with Gasteiger partial charge in [0.15, 0.2) is 0 Å². The molecule has 26 heavy (non-hydrogen) atoms. The Kier molecular flexibility index (Phi) is 5.45. The lowest BCUT2D eigenvalue weighted by Gasteiger charge is -2.10. The van der Waals surface area contributed by atoms with E-state index < -0.39 is 10.1 Å². The molecule has 8 heteroatoms. The first-order valence-electron chi connectivity index (χ1n) is 8.52. The summed E-state index contributed by atoms with van der Waals surface area (Å²) in [5, 5.41) is 0. The second-order valence-corrected chi connectivity index (χ2v) is 7.92. The van der Waals surface area contributed by atoms with Crippen LogP contribution in [0.5, 0.6) is 0 Å². The molecule has 0 aliphatic heterocycles. The van der Waals surface area contributed by atoms with Crippen LogP contribution in [-0.4, -0.2) is 39.0 Å². The molecule has 3 rings (SSSR count). The fraction of sp³-hybridized carbons (Fsp3) is 0.278. The maximum atomic E-state index is 12.3. The summed E-state index contributed by atoms with van der Waals surface area (Å²) in [5.41, 5.74) is 9.64. The van der Waals surface area contributed by atoms with Crippen LogP contribution in [0.15, 0.2) is 47.4 Å². The minimum Gasteiger partial charge on any atom is -0.330 e. The molecule has 0 atom stereocenters. The van der Waals surface area contributed by atoms with E-state index in [4.69, 9.17) is 9.92 Å². The Morgan fingerprint density at radius 1 is 1.19 bits per heavy atom. The van der Waals surface area contributed by atoms with E-state index in [2.05, 4.69) is 4.98 Å². The van der Waals surface area contributed by atoms with Crippen LogP contribution in [0, 0.1) is 6.92 Å². The summed E-state index contributed by atoms with van der Waals surface area (Å²) in [6.45, 7) is 2.81. The molecule has 0 bridgehead atoms. The molecule has 136 valence electrons. The molecule has 0 amide bonds. The first-order valence-corrected chi connectivity index (χ1v) is 9.93. The standard InChI is InChI=1S/C18H22BN3O3S/c1-13-2-5-15(6-3-13)26(23,24)25-11-10-22-17-12-14(19)4-7-16(17)21-18(22)8-9-20/h2-7,12H,8-11,19-20H2,1H3. The summed E-state index contributed by atoms with van der Waals surface area (Å²) >= 11 is 0. The molecule has 0 radical (unpaired) electrons. The van der Waals surface area contributed by atoms with E-state index in [0.717, 1.165) is 27.9 Å². The van der Waals surface area contributed by atoms with Gasteiger partial charge in [0.05, 0.1) is 22.5 Å². The number of hydrogen-bond donors (Lipinski definition) is 1. The van der Waals surface area contributed by atoms with Crippen molar-refractivity contribution in [1.29, 1.82) is 0 Å². The molecule has 2 N–H and O–H groups in total. The summed E-state index contributed by atoms with van der Waals surface area (Å²) in [4.78, 5) is 4.77. The van der Waals surface area contributed by atoms with Gasteiger partial charge < -0.3 is 10.3 Å². The van der Waals surface area contributed by atoms with Crippen LogP contribution in [0.3, 0.4) is 0 Å². The Hall–Kier alpha value is -2.16. The average Bonchev–Trinajstić information content (AvgIpc) is 2.92. The normalized spacial score (nSPS) is 11.9. The largest absolute Gasteiger partial charge is 0.330 e. The van der Waals surface area contributed by atoms with Crippen molar-refractivity contribution >= 4 is 34.5 Å². The van der Waals surface area contributed by atoms with E-state index >= 15 is 0 Å². The third-order valence-corrected chi connectivity index (χ3v) is 5.54. The molecular formula is C18H22BN3O3S. The van der Waals surface area contributed by atoms with Crippen molar-refractivity contribution in [3.05, 3.63) is 53.9 Å². The number of fused-ring (bicyclic) bond motifs is 1. The number of benzene rings is 2. The van der Waals surface area contributed by atoms with Crippen LogP contribution in [0.4, 0.5) is 0 Å². The second kappa shape index (κ2) is 7.61. The van der Waals surface area contributed by atoms with Gasteiger partial charge >= 0.3 is 0 Å². The number of hydrogen-bond acceptors (Lipinski definition) is 5. The molecule has 3 aromatic rings. The molecule has 1 heterocycles. The molecule has 0 aliphatic carbocycles. The zero-order chi connectivity index (χ0) is 18.7. The quantitative estimate of drug-likeness (QED) is 0.483. The molecule has 0 saturated carbocycles. The fourth-order valence-corrected chi connectivity index (χ4v) is 3.76. The van der Waals surface area contributed by atoms with Crippen LogP contribution < -0.4 is 11.2 Å². The minimum atomic E-state index is -3.78. The van der Waals surface area contributed by atoms with Gasteiger partial charge in [-0.25, -0.2) is 4.98 Å². The van der Waals surface area contributed by atoms with Crippen molar-refractivity contribution in [3.63, 3.8) is 0 Å². The molecular weight excluding hydrogens is 349 g/mol. The van der Waals surface area contributed by atoms with Crippen molar-refractivity contribution in [2.75, 3.05) is 13.2 Å². The molecule has 0 saturated heterocycles. The number of imidazole rings is 1. The number of nitrogens with zero attached hydrogens (tertiary/aromatic N) is 2. The van der Waals surface area contributed by atoms with Gasteiger partial charge in [0.25, 0.3) is 10.1 Å². The van der Waals surface area contributed by atoms with Gasteiger partial charge in [-0.3, -0.25) is 4.18 Å². The Bertz CT molecular complexity index is 1010. The molecule has 0 aliphatic rings. The summed E-state index contributed by atoms with van der Waals surface area (Å²) in [7, 11) is -1.76. The average molecular weight is 371 g/mol. The number of rotatable bonds is 7. The van der Waals surface area contributed by atoms with Gasteiger partial charge in [0, 0.05) is 13.0 Å². The van der Waals surface area contributed by atoms with Gasteiger partial charge in [-0.05, 0) is 37.7 Å². The third kappa shape index (κ3) is 3.98. The predicted octanol–water partition coefficient (Wildman–Crippen LogP) is 0.510. The SMILES string of the molecule is Bc1ccc2nc(CCN)n(CCOS(=O)(=O)c3ccc(C)cc3)c2c1. The molecule has 0 spiro atoms.